The van der Waals surface area contributed by atoms with Crippen LogP contribution in [0.5, 0.6) is 5.75 Å². The van der Waals surface area contributed by atoms with Crippen molar-refractivity contribution in [1.29, 1.82) is 0 Å². The van der Waals surface area contributed by atoms with Crippen LogP contribution in [0.25, 0.3) is 0 Å². The number of aromatic hydroxyl groups is 1. The third-order valence-corrected chi connectivity index (χ3v) is 3.64. The smallest absolute Gasteiger partial charge is 0.142 e. The van der Waals surface area contributed by atoms with Crippen molar-refractivity contribution in [3.05, 3.63) is 45.4 Å². The van der Waals surface area contributed by atoms with Crippen molar-refractivity contribution in [3.63, 3.8) is 0 Å². The normalized spacial score (nSPS) is 11.9. The van der Waals surface area contributed by atoms with Crippen LogP contribution in [0.1, 0.15) is 27.7 Å². The first kappa shape index (κ1) is 14.9. The molecule has 0 bridgehead atoms. The molecule has 2 heterocycles. The number of aliphatic hydroxyl groups excluding tert-OH is 1. The second-order valence-corrected chi connectivity index (χ2v) is 4.76. The Morgan fingerprint density at radius 1 is 1.50 bits per heavy atom. The molecule has 0 spiro atoms. The Morgan fingerprint density at radius 2 is 2.22 bits per heavy atom. The zero-order valence-corrected chi connectivity index (χ0v) is 11.5. The topological polar surface area (TPSA) is 79.4 Å². The van der Waals surface area contributed by atoms with Gasteiger partial charge < -0.3 is 15.9 Å². The Morgan fingerprint density at radius 3 is 2.78 bits per heavy atom. The SMILES string of the molecule is Cc1ncc(CO)c([C@H](N)c2cccs2)c1O.Cl. The molecule has 4 N–H and O–H groups in total. The van der Waals surface area contributed by atoms with Crippen molar-refractivity contribution in [2.24, 2.45) is 5.73 Å². The van der Waals surface area contributed by atoms with E-state index in [4.69, 9.17) is 5.73 Å². The largest absolute Gasteiger partial charge is 0.506 e. The monoisotopic (exact) mass is 286 g/mol. The van der Waals surface area contributed by atoms with Gasteiger partial charge in [-0.15, -0.1) is 23.7 Å². The minimum Gasteiger partial charge on any atom is -0.506 e. The quantitative estimate of drug-likeness (QED) is 0.807. The lowest BCUT2D eigenvalue weighted by molar-refractivity contribution is 0.278. The molecule has 4 nitrogen and oxygen atoms in total. The van der Waals surface area contributed by atoms with Gasteiger partial charge in [-0.05, 0) is 18.4 Å². The number of aryl methyl sites for hydroxylation is 1. The number of nitrogens with two attached hydrogens (primary N) is 1. The first-order valence-electron chi connectivity index (χ1n) is 5.22. The van der Waals surface area contributed by atoms with Gasteiger partial charge in [-0.2, -0.15) is 0 Å². The number of thiophene rings is 1. The highest BCUT2D eigenvalue weighted by Crippen LogP contribution is 2.33. The molecule has 0 amide bonds. The maximum absolute atomic E-state index is 10.0. The van der Waals surface area contributed by atoms with E-state index in [1.54, 1.807) is 13.1 Å². The Labute approximate surface area is 116 Å². The predicted molar refractivity (Wildman–Crippen MR) is 74.2 cm³/mol. The van der Waals surface area contributed by atoms with Gasteiger partial charge in [0.25, 0.3) is 0 Å². The van der Waals surface area contributed by atoms with Gasteiger partial charge in [-0.3, -0.25) is 4.98 Å². The third kappa shape index (κ3) is 2.64. The van der Waals surface area contributed by atoms with E-state index in [9.17, 15) is 10.2 Å². The molecule has 2 rings (SSSR count). The molecule has 1 atom stereocenters. The van der Waals surface area contributed by atoms with Crippen molar-refractivity contribution in [2.45, 2.75) is 19.6 Å². The number of halogens is 1. The summed E-state index contributed by atoms with van der Waals surface area (Å²) in [6.07, 6.45) is 1.55. The molecule has 0 aromatic carbocycles. The molecule has 0 aliphatic carbocycles. The number of hydrogen-bond donors (Lipinski definition) is 3. The van der Waals surface area contributed by atoms with E-state index in [2.05, 4.69) is 4.98 Å². The molecule has 0 unspecified atom stereocenters. The van der Waals surface area contributed by atoms with Crippen LogP contribution in [0, 0.1) is 6.92 Å². The highest BCUT2D eigenvalue weighted by atomic mass is 35.5. The van der Waals surface area contributed by atoms with Crippen LogP contribution in [-0.4, -0.2) is 15.2 Å². The molecule has 98 valence electrons. The highest BCUT2D eigenvalue weighted by molar-refractivity contribution is 7.10. The number of rotatable bonds is 3. The lowest BCUT2D eigenvalue weighted by atomic mass is 10.00. The Balaban J connectivity index is 0.00000162. The van der Waals surface area contributed by atoms with Crippen LogP contribution < -0.4 is 5.73 Å². The number of pyridine rings is 1. The van der Waals surface area contributed by atoms with E-state index in [0.717, 1.165) is 4.88 Å². The highest BCUT2D eigenvalue weighted by Gasteiger charge is 2.20. The van der Waals surface area contributed by atoms with Gasteiger partial charge in [0, 0.05) is 22.2 Å². The molecule has 0 saturated carbocycles. The Hall–Kier alpha value is -1.14. The molecule has 0 radical (unpaired) electrons. The van der Waals surface area contributed by atoms with Gasteiger partial charge in [0.2, 0.25) is 0 Å². The van der Waals surface area contributed by atoms with E-state index < -0.39 is 6.04 Å². The first-order chi connectivity index (χ1) is 8.15. The maximum atomic E-state index is 10.0. The van der Waals surface area contributed by atoms with Crippen molar-refractivity contribution in [1.82, 2.24) is 4.98 Å². The summed E-state index contributed by atoms with van der Waals surface area (Å²) in [6.45, 7) is 1.52. The molecule has 6 heteroatoms. The fourth-order valence-corrected chi connectivity index (χ4v) is 2.47. The fraction of sp³-hybridized carbons (Fsp3) is 0.250. The molecule has 2 aromatic heterocycles. The minimum atomic E-state index is -0.432. The molecule has 0 saturated heterocycles. The zero-order chi connectivity index (χ0) is 12.4. The Bertz CT molecular complexity index is 517. The first-order valence-corrected chi connectivity index (χ1v) is 6.10. The molecular formula is C12H15ClN2O2S. The molecule has 18 heavy (non-hydrogen) atoms. The van der Waals surface area contributed by atoms with Gasteiger partial charge >= 0.3 is 0 Å². The Kier molecular flexibility index (Phi) is 5.10. The summed E-state index contributed by atoms with van der Waals surface area (Å²) in [5.74, 6) is 0.0671. The van der Waals surface area contributed by atoms with Crippen LogP contribution in [0.4, 0.5) is 0 Å². The van der Waals surface area contributed by atoms with Crippen molar-refractivity contribution in [2.75, 3.05) is 0 Å². The molecule has 2 aromatic rings. The van der Waals surface area contributed by atoms with Crippen LogP contribution in [-0.2, 0) is 6.61 Å². The molecule has 0 fully saturated rings. The maximum Gasteiger partial charge on any atom is 0.142 e. The summed E-state index contributed by atoms with van der Waals surface area (Å²) in [7, 11) is 0. The average molecular weight is 287 g/mol. The van der Waals surface area contributed by atoms with Gasteiger partial charge in [0.05, 0.1) is 18.3 Å². The molecule has 0 aliphatic heterocycles. The zero-order valence-electron chi connectivity index (χ0n) is 9.83. The number of hydrogen-bond acceptors (Lipinski definition) is 5. The molecule has 0 aliphatic rings. The van der Waals surface area contributed by atoms with Crippen LogP contribution in [0.15, 0.2) is 23.7 Å². The summed E-state index contributed by atoms with van der Waals surface area (Å²) >= 11 is 1.52. The van der Waals surface area contributed by atoms with Gasteiger partial charge in [-0.25, -0.2) is 0 Å². The van der Waals surface area contributed by atoms with E-state index in [0.29, 0.717) is 16.8 Å². The fourth-order valence-electron chi connectivity index (χ4n) is 1.74. The minimum absolute atomic E-state index is 0. The predicted octanol–water partition coefficient (Wildman–Crippen LogP) is 2.12. The van der Waals surface area contributed by atoms with Crippen molar-refractivity contribution >= 4 is 23.7 Å². The lowest BCUT2D eigenvalue weighted by Gasteiger charge is -2.16. The van der Waals surface area contributed by atoms with Crippen LogP contribution in [0.2, 0.25) is 0 Å². The number of aliphatic hydroxyl groups is 1. The van der Waals surface area contributed by atoms with Gasteiger partial charge in [0.1, 0.15) is 5.75 Å². The van der Waals surface area contributed by atoms with E-state index in [-0.39, 0.29) is 24.8 Å². The third-order valence-electron chi connectivity index (χ3n) is 2.69. The van der Waals surface area contributed by atoms with Crippen LogP contribution in [0.3, 0.4) is 0 Å². The van der Waals surface area contributed by atoms with E-state index in [1.807, 2.05) is 17.5 Å². The van der Waals surface area contributed by atoms with E-state index >= 15 is 0 Å². The van der Waals surface area contributed by atoms with Gasteiger partial charge in [0.15, 0.2) is 0 Å². The second-order valence-electron chi connectivity index (χ2n) is 3.78. The summed E-state index contributed by atoms with van der Waals surface area (Å²) in [5, 5.41) is 21.2. The second kappa shape index (κ2) is 6.15. The lowest BCUT2D eigenvalue weighted by Crippen LogP contribution is -2.14. The van der Waals surface area contributed by atoms with E-state index in [1.165, 1.54) is 11.3 Å². The summed E-state index contributed by atoms with van der Waals surface area (Å²) < 4.78 is 0. The standard InChI is InChI=1S/C12H14N2O2S.ClH/c1-7-12(16)10(8(6-15)5-14-7)11(13)9-3-2-4-17-9;/h2-5,11,15-16H,6,13H2,1H3;1H/t11-;/m1./s1. The van der Waals surface area contributed by atoms with Gasteiger partial charge in [-0.1, -0.05) is 6.07 Å². The number of aromatic nitrogens is 1. The summed E-state index contributed by atoms with van der Waals surface area (Å²) in [6, 6.07) is 3.38. The summed E-state index contributed by atoms with van der Waals surface area (Å²) in [5.41, 5.74) is 7.76. The molecular weight excluding hydrogens is 272 g/mol. The van der Waals surface area contributed by atoms with Crippen molar-refractivity contribution < 1.29 is 10.2 Å². The average Bonchev–Trinajstić information content (AvgIpc) is 2.85. The number of nitrogens with zero attached hydrogens (tertiary/aromatic N) is 1. The van der Waals surface area contributed by atoms with Crippen molar-refractivity contribution in [3.8, 4) is 5.75 Å². The van der Waals surface area contributed by atoms with Crippen LogP contribution >= 0.6 is 23.7 Å². The summed E-state index contributed by atoms with van der Waals surface area (Å²) in [4.78, 5) is 4.96.